The summed E-state index contributed by atoms with van der Waals surface area (Å²) in [5.41, 5.74) is -0.807. The number of carbonyl (C=O) groups excluding carboxylic acids is 2. The summed E-state index contributed by atoms with van der Waals surface area (Å²) in [6.45, 7) is 6.04. The minimum Gasteiger partial charge on any atom is -0.340 e. The molecule has 1 aromatic rings. The number of nitrogens with one attached hydrogen (secondary N) is 1. The molecule has 1 saturated heterocycles. The summed E-state index contributed by atoms with van der Waals surface area (Å²) in [4.78, 5) is 27.5. The van der Waals surface area contributed by atoms with E-state index < -0.39 is 5.54 Å². The first-order chi connectivity index (χ1) is 9.35. The maximum Gasteiger partial charge on any atom is 0.248 e. The van der Waals surface area contributed by atoms with Crippen molar-refractivity contribution in [3.8, 4) is 0 Å². The monoisotopic (exact) mass is 358 g/mol. The summed E-state index contributed by atoms with van der Waals surface area (Å²) in [5, 5.41) is 2.80. The molecule has 1 fully saturated rings. The number of nitrogens with zero attached hydrogens (tertiary/aromatic N) is 1. The fourth-order valence-corrected chi connectivity index (χ4v) is 3.94. The molecule has 1 aliphatic rings. The van der Waals surface area contributed by atoms with E-state index in [1.54, 1.807) is 30.1 Å². The molecule has 1 N–H and O–H groups in total. The summed E-state index contributed by atoms with van der Waals surface area (Å²) < 4.78 is 1.09. The van der Waals surface area contributed by atoms with Crippen LogP contribution in [0, 0.1) is 0 Å². The third kappa shape index (κ3) is 3.06. The van der Waals surface area contributed by atoms with Gasteiger partial charge in [0.15, 0.2) is 0 Å². The van der Waals surface area contributed by atoms with Crippen LogP contribution in [0.5, 0.6) is 0 Å². The highest BCUT2D eigenvalue weighted by molar-refractivity contribution is 9.11. The van der Waals surface area contributed by atoms with Crippen LogP contribution >= 0.6 is 27.3 Å². The Morgan fingerprint density at radius 2 is 2.10 bits per heavy atom. The lowest BCUT2D eigenvalue weighted by atomic mass is 9.95. The van der Waals surface area contributed by atoms with Crippen LogP contribution in [0.4, 0.5) is 0 Å². The van der Waals surface area contributed by atoms with Crippen LogP contribution in [-0.4, -0.2) is 34.8 Å². The third-order valence-electron chi connectivity index (χ3n) is 3.52. The minimum atomic E-state index is -0.807. The third-order valence-corrected chi connectivity index (χ3v) is 5.21. The first-order valence-corrected chi connectivity index (χ1v) is 8.33. The number of piperazine rings is 1. The van der Waals surface area contributed by atoms with Gasteiger partial charge in [-0.15, -0.1) is 11.3 Å². The lowest BCUT2D eigenvalue weighted by Gasteiger charge is -2.42. The van der Waals surface area contributed by atoms with Gasteiger partial charge in [-0.3, -0.25) is 9.59 Å². The van der Waals surface area contributed by atoms with Crippen molar-refractivity contribution < 1.29 is 9.59 Å². The summed E-state index contributed by atoms with van der Waals surface area (Å²) in [7, 11) is 0. The van der Waals surface area contributed by atoms with E-state index in [9.17, 15) is 9.59 Å². The Labute approximate surface area is 131 Å². The Balaban J connectivity index is 2.12. The average Bonchev–Trinajstić information content (AvgIpc) is 2.77. The Bertz CT molecular complexity index is 527. The van der Waals surface area contributed by atoms with Gasteiger partial charge in [0.2, 0.25) is 11.8 Å². The Morgan fingerprint density at radius 1 is 1.40 bits per heavy atom. The number of hydrogen-bond donors (Lipinski definition) is 1. The van der Waals surface area contributed by atoms with Crippen molar-refractivity contribution in [2.75, 3.05) is 6.54 Å². The second-order valence-electron chi connectivity index (χ2n) is 5.49. The van der Waals surface area contributed by atoms with E-state index in [-0.39, 0.29) is 17.9 Å². The molecule has 20 heavy (non-hydrogen) atoms. The van der Waals surface area contributed by atoms with E-state index >= 15 is 0 Å². The molecule has 0 aliphatic carbocycles. The molecule has 0 spiro atoms. The molecule has 4 nitrogen and oxygen atoms in total. The largest absolute Gasteiger partial charge is 0.340 e. The Morgan fingerprint density at radius 3 is 2.65 bits per heavy atom. The maximum absolute atomic E-state index is 12.5. The molecule has 110 valence electrons. The Kier molecular flexibility index (Phi) is 4.54. The quantitative estimate of drug-likeness (QED) is 0.898. The van der Waals surface area contributed by atoms with Crippen LogP contribution in [-0.2, 0) is 16.0 Å². The first kappa shape index (κ1) is 15.5. The van der Waals surface area contributed by atoms with E-state index in [4.69, 9.17) is 0 Å². The molecule has 0 aromatic carbocycles. The standard InChI is InChI=1S/C14H19BrN2O2S/c1-4-10-12(18)16-14(2,3)13(19)17(10)8-7-9-5-6-11(15)20-9/h5-6,10H,4,7-8H2,1-3H3,(H,16,18). The van der Waals surface area contributed by atoms with E-state index in [1.807, 2.05) is 13.0 Å². The van der Waals surface area contributed by atoms with Gasteiger partial charge in [0, 0.05) is 11.4 Å². The molecule has 0 saturated carbocycles. The molecular formula is C14H19BrN2O2S. The van der Waals surface area contributed by atoms with Gasteiger partial charge in [-0.1, -0.05) is 6.92 Å². The Hall–Kier alpha value is -0.880. The smallest absolute Gasteiger partial charge is 0.248 e. The van der Waals surface area contributed by atoms with Crippen molar-refractivity contribution >= 4 is 39.1 Å². The lowest BCUT2D eigenvalue weighted by Crippen LogP contribution is -2.68. The number of halogens is 1. The number of hydrogen-bond acceptors (Lipinski definition) is 3. The van der Waals surface area contributed by atoms with Crippen LogP contribution in [0.3, 0.4) is 0 Å². The van der Waals surface area contributed by atoms with E-state index in [1.165, 1.54) is 4.88 Å². The second-order valence-corrected chi connectivity index (χ2v) is 8.04. The molecule has 1 unspecified atom stereocenters. The fraction of sp³-hybridized carbons (Fsp3) is 0.571. The van der Waals surface area contributed by atoms with E-state index in [0.717, 1.165) is 10.2 Å². The molecule has 0 radical (unpaired) electrons. The van der Waals surface area contributed by atoms with Gasteiger partial charge in [0.1, 0.15) is 11.6 Å². The van der Waals surface area contributed by atoms with Crippen LogP contribution in [0.15, 0.2) is 15.9 Å². The molecule has 1 aromatic heterocycles. The molecular weight excluding hydrogens is 340 g/mol. The second kappa shape index (κ2) is 5.85. The molecule has 0 bridgehead atoms. The molecule has 2 amide bonds. The highest BCUT2D eigenvalue weighted by Gasteiger charge is 2.44. The van der Waals surface area contributed by atoms with Crippen molar-refractivity contribution in [2.45, 2.75) is 45.2 Å². The molecule has 1 aliphatic heterocycles. The van der Waals surface area contributed by atoms with E-state index in [2.05, 4.69) is 27.3 Å². The SMILES string of the molecule is CCC1C(=O)NC(C)(C)C(=O)N1CCc1ccc(Br)s1. The van der Waals surface area contributed by atoms with Gasteiger partial charge >= 0.3 is 0 Å². The van der Waals surface area contributed by atoms with Crippen LogP contribution in [0.1, 0.15) is 32.1 Å². The molecule has 2 rings (SSSR count). The predicted molar refractivity (Wildman–Crippen MR) is 83.7 cm³/mol. The topological polar surface area (TPSA) is 49.4 Å². The maximum atomic E-state index is 12.5. The fourth-order valence-electron chi connectivity index (χ4n) is 2.47. The van der Waals surface area contributed by atoms with Gasteiger partial charge in [0.25, 0.3) is 0 Å². The van der Waals surface area contributed by atoms with Crippen molar-refractivity contribution in [2.24, 2.45) is 0 Å². The summed E-state index contributed by atoms with van der Waals surface area (Å²) >= 11 is 5.10. The zero-order chi connectivity index (χ0) is 14.9. The van der Waals surface area contributed by atoms with Crippen LogP contribution < -0.4 is 5.32 Å². The van der Waals surface area contributed by atoms with Gasteiger partial charge in [-0.2, -0.15) is 0 Å². The van der Waals surface area contributed by atoms with Crippen molar-refractivity contribution in [1.29, 1.82) is 0 Å². The highest BCUT2D eigenvalue weighted by atomic mass is 79.9. The van der Waals surface area contributed by atoms with Crippen LogP contribution in [0.25, 0.3) is 0 Å². The number of thiophene rings is 1. The molecule has 6 heteroatoms. The first-order valence-electron chi connectivity index (χ1n) is 6.72. The summed E-state index contributed by atoms with van der Waals surface area (Å²) in [5.74, 6) is -0.0518. The summed E-state index contributed by atoms with van der Waals surface area (Å²) in [6.07, 6.45) is 1.42. The van der Waals surface area contributed by atoms with Crippen molar-refractivity contribution in [3.63, 3.8) is 0 Å². The number of carbonyl (C=O) groups is 2. The average molecular weight is 359 g/mol. The zero-order valence-electron chi connectivity index (χ0n) is 11.9. The zero-order valence-corrected chi connectivity index (χ0v) is 14.3. The normalized spacial score (nSPS) is 22.0. The highest BCUT2D eigenvalue weighted by Crippen LogP contribution is 2.24. The number of amides is 2. The lowest BCUT2D eigenvalue weighted by molar-refractivity contribution is -0.153. The van der Waals surface area contributed by atoms with Gasteiger partial charge in [-0.05, 0) is 54.8 Å². The van der Waals surface area contributed by atoms with E-state index in [0.29, 0.717) is 13.0 Å². The molecule has 2 heterocycles. The minimum absolute atomic E-state index is 0.000396. The predicted octanol–water partition coefficient (Wildman–Crippen LogP) is 2.57. The summed E-state index contributed by atoms with van der Waals surface area (Å²) in [6, 6.07) is 3.71. The van der Waals surface area contributed by atoms with Crippen molar-refractivity contribution in [3.05, 3.63) is 20.8 Å². The molecule has 1 atom stereocenters. The number of rotatable bonds is 4. The van der Waals surface area contributed by atoms with Gasteiger partial charge in [0.05, 0.1) is 3.79 Å². The van der Waals surface area contributed by atoms with Gasteiger partial charge in [-0.25, -0.2) is 0 Å². The van der Waals surface area contributed by atoms with Crippen molar-refractivity contribution in [1.82, 2.24) is 10.2 Å². The van der Waals surface area contributed by atoms with Crippen LogP contribution in [0.2, 0.25) is 0 Å². The van der Waals surface area contributed by atoms with Gasteiger partial charge < -0.3 is 10.2 Å².